The van der Waals surface area contributed by atoms with E-state index in [0.29, 0.717) is 32.0 Å². The van der Waals surface area contributed by atoms with Gasteiger partial charge >= 0.3 is 0 Å². The molecular weight excluding hydrogens is 296 g/mol. The summed E-state index contributed by atoms with van der Waals surface area (Å²) in [7, 11) is 1.84. The maximum absolute atomic E-state index is 12.7. The lowest BCUT2D eigenvalue weighted by atomic mass is 10.3. The van der Waals surface area contributed by atoms with E-state index in [-0.39, 0.29) is 11.7 Å². The summed E-state index contributed by atoms with van der Waals surface area (Å²) in [5.41, 5.74) is 0.707. The highest BCUT2D eigenvalue weighted by Gasteiger charge is 2.25. The van der Waals surface area contributed by atoms with E-state index in [1.54, 1.807) is 15.8 Å². The van der Waals surface area contributed by atoms with Crippen molar-refractivity contribution in [2.45, 2.75) is 12.8 Å². The predicted octanol–water partition coefficient (Wildman–Crippen LogP) is 0.436. The van der Waals surface area contributed by atoms with E-state index < -0.39 is 0 Å². The Labute approximate surface area is 134 Å². The number of aromatic nitrogens is 4. The van der Waals surface area contributed by atoms with Gasteiger partial charge in [-0.3, -0.25) is 9.48 Å². The molecule has 2 aromatic rings. The number of nitrogens with zero attached hydrogens (tertiary/aromatic N) is 6. The van der Waals surface area contributed by atoms with Crippen LogP contribution in [-0.2, 0) is 11.8 Å². The largest absolute Gasteiger partial charge is 0.378 e. The Hall–Kier alpha value is -2.22. The van der Waals surface area contributed by atoms with Crippen molar-refractivity contribution in [2.24, 2.45) is 7.05 Å². The van der Waals surface area contributed by atoms with E-state index in [1.165, 1.54) is 0 Å². The maximum Gasteiger partial charge on any atom is 0.291 e. The average molecular weight is 316 g/mol. The molecule has 2 aliphatic rings. The summed E-state index contributed by atoms with van der Waals surface area (Å²) in [4.78, 5) is 25.8. The lowest BCUT2D eigenvalue weighted by molar-refractivity contribution is 0.0295. The molecule has 1 amide bonds. The van der Waals surface area contributed by atoms with Crippen LogP contribution in [0.2, 0.25) is 0 Å². The third-order valence-electron chi connectivity index (χ3n) is 4.47. The number of ether oxygens (including phenoxy) is 1. The molecule has 2 saturated heterocycles. The highest BCUT2D eigenvalue weighted by Crippen LogP contribution is 2.26. The topological polar surface area (TPSA) is 76.4 Å². The van der Waals surface area contributed by atoms with Crippen LogP contribution >= 0.6 is 0 Å². The highest BCUT2D eigenvalue weighted by atomic mass is 16.5. The molecular formula is C15H20N6O2. The van der Waals surface area contributed by atoms with E-state index in [9.17, 15) is 4.79 Å². The number of hydrogen-bond acceptors (Lipinski definition) is 6. The van der Waals surface area contributed by atoms with E-state index in [0.717, 1.165) is 37.1 Å². The van der Waals surface area contributed by atoms with Crippen LogP contribution in [0.4, 0.5) is 5.82 Å². The van der Waals surface area contributed by atoms with Crippen molar-refractivity contribution >= 4 is 22.8 Å². The lowest BCUT2D eigenvalue weighted by Crippen LogP contribution is -2.41. The number of aryl methyl sites for hydroxylation is 1. The van der Waals surface area contributed by atoms with Gasteiger partial charge in [0.05, 0.1) is 24.8 Å². The van der Waals surface area contributed by atoms with Crippen molar-refractivity contribution in [3.05, 3.63) is 12.0 Å². The Morgan fingerprint density at radius 2 is 1.87 bits per heavy atom. The zero-order valence-corrected chi connectivity index (χ0v) is 13.2. The number of carbonyl (C=O) groups excluding carboxylic acids is 1. The molecule has 23 heavy (non-hydrogen) atoms. The zero-order chi connectivity index (χ0) is 15.8. The van der Waals surface area contributed by atoms with Crippen LogP contribution < -0.4 is 4.90 Å². The number of rotatable bonds is 2. The van der Waals surface area contributed by atoms with Crippen LogP contribution in [0, 0.1) is 0 Å². The minimum Gasteiger partial charge on any atom is -0.378 e. The molecule has 0 radical (unpaired) electrons. The standard InChI is InChI=1S/C15H20N6O2/c1-19-13-11(10-16-19)14(20-4-2-3-5-20)18-12(17-13)15(22)21-6-8-23-9-7-21/h10H,2-9H2,1H3. The second-order valence-electron chi connectivity index (χ2n) is 5.98. The second-order valence-corrected chi connectivity index (χ2v) is 5.98. The molecule has 0 bridgehead atoms. The third kappa shape index (κ3) is 2.52. The Morgan fingerprint density at radius 1 is 1.13 bits per heavy atom. The van der Waals surface area contributed by atoms with Crippen molar-refractivity contribution < 1.29 is 9.53 Å². The fourth-order valence-corrected chi connectivity index (χ4v) is 3.18. The van der Waals surface area contributed by atoms with Gasteiger partial charge < -0.3 is 14.5 Å². The number of morpholine rings is 1. The molecule has 0 aromatic carbocycles. The molecule has 4 heterocycles. The third-order valence-corrected chi connectivity index (χ3v) is 4.47. The summed E-state index contributed by atoms with van der Waals surface area (Å²) < 4.78 is 7.01. The van der Waals surface area contributed by atoms with Crippen LogP contribution in [-0.4, -0.2) is 69.9 Å². The molecule has 2 fully saturated rings. The molecule has 0 atom stereocenters. The molecule has 122 valence electrons. The summed E-state index contributed by atoms with van der Waals surface area (Å²) in [6.07, 6.45) is 4.09. The van der Waals surface area contributed by atoms with E-state index in [2.05, 4.69) is 20.0 Å². The monoisotopic (exact) mass is 316 g/mol. The lowest BCUT2D eigenvalue weighted by Gasteiger charge is -2.26. The van der Waals surface area contributed by atoms with E-state index in [1.807, 2.05) is 7.05 Å². The van der Waals surface area contributed by atoms with Crippen molar-refractivity contribution in [3.8, 4) is 0 Å². The molecule has 0 aliphatic carbocycles. The first-order chi connectivity index (χ1) is 11.2. The van der Waals surface area contributed by atoms with Gasteiger partial charge in [-0.1, -0.05) is 0 Å². The normalized spacial score (nSPS) is 18.8. The number of hydrogen-bond donors (Lipinski definition) is 0. The zero-order valence-electron chi connectivity index (χ0n) is 13.2. The fourth-order valence-electron chi connectivity index (χ4n) is 3.18. The minimum atomic E-state index is -0.128. The minimum absolute atomic E-state index is 0.128. The number of anilines is 1. The molecule has 0 spiro atoms. The molecule has 0 unspecified atom stereocenters. The number of carbonyl (C=O) groups is 1. The molecule has 0 N–H and O–H groups in total. The fraction of sp³-hybridized carbons (Fsp3) is 0.600. The van der Waals surface area contributed by atoms with Gasteiger partial charge in [-0.2, -0.15) is 5.10 Å². The van der Waals surface area contributed by atoms with Crippen molar-refractivity contribution in [1.82, 2.24) is 24.6 Å². The second kappa shape index (κ2) is 5.77. The summed E-state index contributed by atoms with van der Waals surface area (Å²) in [6, 6.07) is 0. The van der Waals surface area contributed by atoms with Gasteiger partial charge in [0.1, 0.15) is 5.82 Å². The Balaban J connectivity index is 1.76. The van der Waals surface area contributed by atoms with Crippen molar-refractivity contribution in [2.75, 3.05) is 44.3 Å². The average Bonchev–Trinajstić information content (AvgIpc) is 3.25. The Kier molecular flexibility index (Phi) is 3.60. The van der Waals surface area contributed by atoms with Crippen LogP contribution in [0.5, 0.6) is 0 Å². The first kappa shape index (κ1) is 14.4. The first-order valence-electron chi connectivity index (χ1n) is 8.06. The van der Waals surface area contributed by atoms with Gasteiger partial charge in [0.15, 0.2) is 5.65 Å². The summed E-state index contributed by atoms with van der Waals surface area (Å²) in [5.74, 6) is 0.957. The van der Waals surface area contributed by atoms with Gasteiger partial charge in [0.25, 0.3) is 5.91 Å². The van der Waals surface area contributed by atoms with E-state index >= 15 is 0 Å². The SMILES string of the molecule is Cn1ncc2c(N3CCCC3)nc(C(=O)N3CCOCC3)nc21. The Bertz CT molecular complexity index is 731. The molecule has 2 aromatic heterocycles. The van der Waals surface area contributed by atoms with Gasteiger partial charge in [-0.15, -0.1) is 0 Å². The van der Waals surface area contributed by atoms with Crippen molar-refractivity contribution in [3.63, 3.8) is 0 Å². The smallest absolute Gasteiger partial charge is 0.291 e. The van der Waals surface area contributed by atoms with Crippen molar-refractivity contribution in [1.29, 1.82) is 0 Å². The van der Waals surface area contributed by atoms with Gasteiger partial charge in [-0.25, -0.2) is 9.97 Å². The van der Waals surface area contributed by atoms with Crippen LogP contribution in [0.1, 0.15) is 23.5 Å². The van der Waals surface area contributed by atoms with Crippen LogP contribution in [0.25, 0.3) is 11.0 Å². The highest BCUT2D eigenvalue weighted by molar-refractivity contribution is 5.95. The molecule has 0 saturated carbocycles. The Morgan fingerprint density at radius 3 is 2.61 bits per heavy atom. The first-order valence-corrected chi connectivity index (χ1v) is 8.06. The molecule has 2 aliphatic heterocycles. The maximum atomic E-state index is 12.7. The molecule has 4 rings (SSSR count). The number of amides is 1. The van der Waals surface area contributed by atoms with E-state index in [4.69, 9.17) is 4.74 Å². The number of fused-ring (bicyclic) bond motifs is 1. The molecule has 8 nitrogen and oxygen atoms in total. The van der Waals surface area contributed by atoms with Crippen LogP contribution in [0.3, 0.4) is 0 Å². The predicted molar refractivity (Wildman–Crippen MR) is 84.5 cm³/mol. The summed E-state index contributed by atoms with van der Waals surface area (Å²) in [5, 5.41) is 5.19. The quantitative estimate of drug-likeness (QED) is 0.800. The molecule has 8 heteroatoms. The van der Waals surface area contributed by atoms with Gasteiger partial charge in [0, 0.05) is 33.2 Å². The summed E-state index contributed by atoms with van der Waals surface area (Å²) in [6.45, 7) is 4.24. The van der Waals surface area contributed by atoms with Gasteiger partial charge in [0.2, 0.25) is 5.82 Å². The van der Waals surface area contributed by atoms with Crippen LogP contribution in [0.15, 0.2) is 6.20 Å². The van der Waals surface area contributed by atoms with Gasteiger partial charge in [-0.05, 0) is 12.8 Å². The summed E-state index contributed by atoms with van der Waals surface area (Å²) >= 11 is 0.